The van der Waals surface area contributed by atoms with E-state index in [9.17, 15) is 10.1 Å². The van der Waals surface area contributed by atoms with Gasteiger partial charge < -0.3 is 15.0 Å². The zero-order valence-corrected chi connectivity index (χ0v) is 13.7. The van der Waals surface area contributed by atoms with E-state index in [1.807, 2.05) is 19.1 Å². The first-order chi connectivity index (χ1) is 11.6. The number of aryl methyl sites for hydroxylation is 2. The molecule has 1 N–H and O–H groups in total. The molecule has 3 rings (SSSR count). The smallest absolute Gasteiger partial charge is 0.314 e. The Labute approximate surface area is 139 Å². The monoisotopic (exact) mass is 329 g/mol. The van der Waals surface area contributed by atoms with Crippen molar-refractivity contribution in [2.45, 2.75) is 13.8 Å². The fourth-order valence-electron chi connectivity index (χ4n) is 2.65. The lowest BCUT2D eigenvalue weighted by Gasteiger charge is -2.28. The molecule has 1 aliphatic heterocycles. The Morgan fingerprint density at radius 1 is 1.25 bits per heavy atom. The number of hydrogen-bond acceptors (Lipinski definition) is 7. The lowest BCUT2D eigenvalue weighted by atomic mass is 10.2. The number of anilines is 3. The second-order valence-corrected chi connectivity index (χ2v) is 5.61. The molecule has 8 heteroatoms. The fraction of sp³-hybridized carbons (Fsp3) is 0.375. The molecule has 126 valence electrons. The molecule has 0 aliphatic carbocycles. The average molecular weight is 329 g/mol. The molecule has 0 saturated carbocycles. The molecule has 0 atom stereocenters. The van der Waals surface area contributed by atoms with E-state index in [4.69, 9.17) is 4.74 Å². The van der Waals surface area contributed by atoms with E-state index < -0.39 is 4.92 Å². The van der Waals surface area contributed by atoms with Crippen molar-refractivity contribution in [2.24, 2.45) is 0 Å². The molecule has 1 fully saturated rings. The first-order valence-electron chi connectivity index (χ1n) is 7.73. The lowest BCUT2D eigenvalue weighted by molar-refractivity contribution is -0.384. The van der Waals surface area contributed by atoms with E-state index in [0.717, 1.165) is 24.6 Å². The van der Waals surface area contributed by atoms with Crippen LogP contribution in [0.25, 0.3) is 0 Å². The summed E-state index contributed by atoms with van der Waals surface area (Å²) in [6, 6.07) is 5.40. The molecule has 0 aromatic carbocycles. The highest BCUT2D eigenvalue weighted by atomic mass is 16.6. The number of morpholine rings is 1. The summed E-state index contributed by atoms with van der Waals surface area (Å²) in [5.74, 6) is 1.11. The summed E-state index contributed by atoms with van der Waals surface area (Å²) < 4.78 is 5.35. The van der Waals surface area contributed by atoms with E-state index in [0.29, 0.717) is 24.5 Å². The van der Waals surface area contributed by atoms with Crippen molar-refractivity contribution < 1.29 is 9.66 Å². The quantitative estimate of drug-likeness (QED) is 0.680. The van der Waals surface area contributed by atoms with Crippen molar-refractivity contribution in [2.75, 3.05) is 36.5 Å². The molecular weight excluding hydrogens is 310 g/mol. The van der Waals surface area contributed by atoms with Crippen molar-refractivity contribution in [3.8, 4) is 0 Å². The highest BCUT2D eigenvalue weighted by Gasteiger charge is 2.20. The van der Waals surface area contributed by atoms with Crippen LogP contribution in [0.2, 0.25) is 0 Å². The zero-order valence-electron chi connectivity index (χ0n) is 13.7. The number of rotatable bonds is 4. The normalized spacial score (nSPS) is 14.5. The molecule has 3 heterocycles. The number of hydrogen-bond donors (Lipinski definition) is 1. The molecule has 2 aromatic heterocycles. The van der Waals surface area contributed by atoms with E-state index in [1.165, 1.54) is 0 Å². The van der Waals surface area contributed by atoms with Gasteiger partial charge in [0.1, 0.15) is 5.82 Å². The van der Waals surface area contributed by atoms with E-state index in [-0.39, 0.29) is 11.5 Å². The number of ether oxygens (including phenoxy) is 1. The third-order valence-corrected chi connectivity index (χ3v) is 3.97. The predicted octanol–water partition coefficient (Wildman–Crippen LogP) is 2.58. The SMILES string of the molecule is Cc1ccnc(Nc2ccc(N3CCOCC3)nc2C)c1[N+](=O)[O-]. The van der Waals surface area contributed by atoms with Crippen LogP contribution >= 0.6 is 0 Å². The molecular formula is C16H19N5O3. The van der Waals surface area contributed by atoms with Gasteiger partial charge in [0.25, 0.3) is 0 Å². The van der Waals surface area contributed by atoms with Gasteiger partial charge in [-0.3, -0.25) is 10.1 Å². The summed E-state index contributed by atoms with van der Waals surface area (Å²) in [4.78, 5) is 21.7. The van der Waals surface area contributed by atoms with Gasteiger partial charge in [0, 0.05) is 24.8 Å². The Balaban J connectivity index is 1.86. The van der Waals surface area contributed by atoms with Crippen LogP contribution in [0, 0.1) is 24.0 Å². The third-order valence-electron chi connectivity index (χ3n) is 3.97. The lowest BCUT2D eigenvalue weighted by Crippen LogP contribution is -2.36. The topological polar surface area (TPSA) is 93.4 Å². The van der Waals surface area contributed by atoms with Crippen molar-refractivity contribution in [3.63, 3.8) is 0 Å². The van der Waals surface area contributed by atoms with Crippen LogP contribution in [0.1, 0.15) is 11.3 Å². The molecule has 2 aromatic rings. The van der Waals surface area contributed by atoms with E-state index in [1.54, 1.807) is 19.2 Å². The molecule has 24 heavy (non-hydrogen) atoms. The number of aromatic nitrogens is 2. The molecule has 0 amide bonds. The maximum Gasteiger partial charge on any atom is 0.314 e. The Kier molecular flexibility index (Phi) is 4.57. The molecule has 1 aliphatic rings. The van der Waals surface area contributed by atoms with Gasteiger partial charge >= 0.3 is 5.69 Å². The standard InChI is InChI=1S/C16H19N5O3/c1-11-5-6-17-16(15(11)21(22)23)19-13-3-4-14(18-12(13)2)20-7-9-24-10-8-20/h3-6H,7-10H2,1-2H3,(H,17,19). The average Bonchev–Trinajstić information content (AvgIpc) is 2.57. The van der Waals surface area contributed by atoms with Crippen LogP contribution < -0.4 is 10.2 Å². The maximum absolute atomic E-state index is 11.3. The minimum absolute atomic E-state index is 0.0193. The van der Waals surface area contributed by atoms with Gasteiger partial charge in [-0.1, -0.05) is 0 Å². The minimum Gasteiger partial charge on any atom is -0.378 e. The summed E-state index contributed by atoms with van der Waals surface area (Å²) in [6.45, 7) is 6.57. The van der Waals surface area contributed by atoms with Crippen molar-refractivity contribution in [3.05, 3.63) is 45.8 Å². The Morgan fingerprint density at radius 3 is 2.67 bits per heavy atom. The van der Waals surface area contributed by atoms with Gasteiger partial charge in [0.05, 0.1) is 29.5 Å². The summed E-state index contributed by atoms with van der Waals surface area (Å²) in [7, 11) is 0. The Morgan fingerprint density at radius 2 is 2.00 bits per heavy atom. The van der Waals surface area contributed by atoms with Crippen LogP contribution in [-0.2, 0) is 4.74 Å². The number of pyridine rings is 2. The zero-order chi connectivity index (χ0) is 17.1. The van der Waals surface area contributed by atoms with E-state index in [2.05, 4.69) is 20.2 Å². The van der Waals surface area contributed by atoms with Gasteiger partial charge in [-0.15, -0.1) is 0 Å². The predicted molar refractivity (Wildman–Crippen MR) is 90.9 cm³/mol. The number of nitrogens with one attached hydrogen (secondary N) is 1. The largest absolute Gasteiger partial charge is 0.378 e. The minimum atomic E-state index is -0.421. The third kappa shape index (κ3) is 3.28. The summed E-state index contributed by atoms with van der Waals surface area (Å²) in [6.07, 6.45) is 1.55. The van der Waals surface area contributed by atoms with Crippen molar-refractivity contribution >= 4 is 23.0 Å². The van der Waals surface area contributed by atoms with Gasteiger partial charge in [0.15, 0.2) is 0 Å². The summed E-state index contributed by atoms with van der Waals surface area (Å²) in [5, 5.41) is 14.3. The van der Waals surface area contributed by atoms with Crippen molar-refractivity contribution in [1.82, 2.24) is 9.97 Å². The second kappa shape index (κ2) is 6.79. The van der Waals surface area contributed by atoms with Crippen LogP contribution in [0.3, 0.4) is 0 Å². The van der Waals surface area contributed by atoms with Crippen LogP contribution in [-0.4, -0.2) is 41.2 Å². The van der Waals surface area contributed by atoms with Crippen molar-refractivity contribution in [1.29, 1.82) is 0 Å². The highest BCUT2D eigenvalue weighted by molar-refractivity contribution is 5.69. The highest BCUT2D eigenvalue weighted by Crippen LogP contribution is 2.30. The van der Waals surface area contributed by atoms with Gasteiger partial charge in [-0.05, 0) is 32.0 Å². The molecule has 0 bridgehead atoms. The Bertz CT molecular complexity index is 759. The van der Waals surface area contributed by atoms with Crippen LogP contribution in [0.15, 0.2) is 24.4 Å². The van der Waals surface area contributed by atoms with Crippen LogP contribution in [0.4, 0.5) is 23.0 Å². The number of nitro groups is 1. The second-order valence-electron chi connectivity index (χ2n) is 5.61. The first-order valence-corrected chi connectivity index (χ1v) is 7.73. The number of nitrogens with zero attached hydrogens (tertiary/aromatic N) is 4. The van der Waals surface area contributed by atoms with Crippen LogP contribution in [0.5, 0.6) is 0 Å². The van der Waals surface area contributed by atoms with Gasteiger partial charge in [0.2, 0.25) is 5.82 Å². The fourth-order valence-corrected chi connectivity index (χ4v) is 2.65. The van der Waals surface area contributed by atoms with Gasteiger partial charge in [-0.25, -0.2) is 9.97 Å². The van der Waals surface area contributed by atoms with E-state index >= 15 is 0 Å². The molecule has 1 saturated heterocycles. The molecule has 0 unspecified atom stereocenters. The van der Waals surface area contributed by atoms with Gasteiger partial charge in [-0.2, -0.15) is 0 Å². The first kappa shape index (κ1) is 16.1. The Hall–Kier alpha value is -2.74. The molecule has 0 radical (unpaired) electrons. The molecule has 0 spiro atoms. The summed E-state index contributed by atoms with van der Waals surface area (Å²) in [5.41, 5.74) is 2.01. The summed E-state index contributed by atoms with van der Waals surface area (Å²) >= 11 is 0. The maximum atomic E-state index is 11.3. The molecule has 8 nitrogen and oxygen atoms in total.